The van der Waals surface area contributed by atoms with E-state index in [2.05, 4.69) is 26.7 Å². The number of aromatic nitrogens is 2. The zero-order valence-corrected chi connectivity index (χ0v) is 21.1. The van der Waals surface area contributed by atoms with E-state index in [4.69, 9.17) is 11.6 Å². The molecule has 3 aromatic carbocycles. The number of rotatable bonds is 8. The molecule has 36 heavy (non-hydrogen) atoms. The van der Waals surface area contributed by atoms with Gasteiger partial charge in [0.2, 0.25) is 5.91 Å². The summed E-state index contributed by atoms with van der Waals surface area (Å²) in [6, 6.07) is 24.0. The molecule has 0 aliphatic rings. The first-order valence-electron chi connectivity index (χ1n) is 11.6. The van der Waals surface area contributed by atoms with E-state index in [1.165, 1.54) is 0 Å². The molecule has 2 N–H and O–H groups in total. The molecule has 183 valence electrons. The van der Waals surface area contributed by atoms with Crippen LogP contribution in [0.15, 0.2) is 66.7 Å². The molecule has 4 rings (SSSR count). The summed E-state index contributed by atoms with van der Waals surface area (Å²) in [4.78, 5) is 35.3. The number of halogens is 1. The summed E-state index contributed by atoms with van der Waals surface area (Å²) in [6.45, 7) is 3.95. The number of amides is 2. The Morgan fingerprint density at radius 3 is 2.44 bits per heavy atom. The lowest BCUT2D eigenvalue weighted by Gasteiger charge is -2.19. The molecule has 0 unspecified atom stereocenters. The fourth-order valence-electron chi connectivity index (χ4n) is 3.75. The van der Waals surface area contributed by atoms with Crippen LogP contribution < -0.4 is 15.5 Å². The van der Waals surface area contributed by atoms with Crippen molar-refractivity contribution in [1.82, 2.24) is 15.3 Å². The van der Waals surface area contributed by atoms with Crippen LogP contribution in [0, 0.1) is 6.07 Å². The van der Waals surface area contributed by atoms with Gasteiger partial charge in [0.1, 0.15) is 16.8 Å². The average Bonchev–Trinajstić information content (AvgIpc) is 2.84. The van der Waals surface area contributed by atoms with Crippen molar-refractivity contribution in [3.05, 3.63) is 94.9 Å². The minimum Gasteiger partial charge on any atom is -0.352 e. The maximum absolute atomic E-state index is 12.7. The Morgan fingerprint density at radius 2 is 1.72 bits per heavy atom. The fraction of sp³-hybridized carbons (Fsp3) is 0.214. The van der Waals surface area contributed by atoms with Crippen molar-refractivity contribution in [3.8, 4) is 0 Å². The molecule has 0 aliphatic carbocycles. The van der Waals surface area contributed by atoms with E-state index < -0.39 is 0 Å². The second-order valence-electron chi connectivity index (χ2n) is 8.85. The van der Waals surface area contributed by atoms with E-state index in [-0.39, 0.29) is 29.6 Å². The van der Waals surface area contributed by atoms with Gasteiger partial charge in [-0.2, -0.15) is 0 Å². The molecule has 8 heteroatoms. The molecular formula is C28H27ClN5O2. The Kier molecular flexibility index (Phi) is 7.80. The van der Waals surface area contributed by atoms with Gasteiger partial charge in [-0.25, -0.2) is 9.97 Å². The van der Waals surface area contributed by atoms with Gasteiger partial charge >= 0.3 is 0 Å². The third-order valence-electron chi connectivity index (χ3n) is 5.45. The van der Waals surface area contributed by atoms with Crippen molar-refractivity contribution in [2.45, 2.75) is 26.3 Å². The molecule has 1 heterocycles. The molecule has 1 radical (unpaired) electrons. The maximum Gasteiger partial charge on any atom is 0.255 e. The van der Waals surface area contributed by atoms with Crippen LogP contribution in [0.4, 0.5) is 11.5 Å². The molecule has 4 aromatic rings. The highest BCUT2D eigenvalue weighted by atomic mass is 35.5. The summed E-state index contributed by atoms with van der Waals surface area (Å²) in [6.07, 6.45) is 0.437. The Bertz CT molecular complexity index is 1390. The number of hydrogen-bond donors (Lipinski definition) is 2. The summed E-state index contributed by atoms with van der Waals surface area (Å²) in [7, 11) is 1.76. The third-order valence-corrected chi connectivity index (χ3v) is 5.63. The molecule has 0 saturated heterocycles. The Labute approximate surface area is 215 Å². The topological polar surface area (TPSA) is 87.2 Å². The third kappa shape index (κ3) is 6.58. The van der Waals surface area contributed by atoms with Crippen LogP contribution in [0.5, 0.6) is 0 Å². The van der Waals surface area contributed by atoms with Gasteiger partial charge in [0.05, 0.1) is 12.6 Å². The summed E-state index contributed by atoms with van der Waals surface area (Å²) in [5.74, 6) is 0.677. The van der Waals surface area contributed by atoms with Crippen LogP contribution >= 0.6 is 11.6 Å². The lowest BCUT2D eigenvalue weighted by molar-refractivity contribution is -0.120. The van der Waals surface area contributed by atoms with Crippen molar-refractivity contribution in [2.75, 3.05) is 23.8 Å². The van der Waals surface area contributed by atoms with E-state index in [0.29, 0.717) is 29.3 Å². The number of likely N-dealkylation sites (N-methyl/N-ethyl adjacent to an activating group) is 1. The first-order chi connectivity index (χ1) is 17.3. The van der Waals surface area contributed by atoms with Crippen molar-refractivity contribution >= 4 is 45.7 Å². The molecule has 0 saturated carbocycles. The highest BCUT2D eigenvalue weighted by Crippen LogP contribution is 2.19. The molecule has 0 bridgehead atoms. The highest BCUT2D eigenvalue weighted by molar-refractivity contribution is 6.29. The summed E-state index contributed by atoms with van der Waals surface area (Å²) < 4.78 is 0. The zero-order valence-electron chi connectivity index (χ0n) is 20.4. The number of anilines is 2. The predicted molar refractivity (Wildman–Crippen MR) is 144 cm³/mol. The number of nitrogens with one attached hydrogen (secondary N) is 2. The number of hydrogen-bond acceptors (Lipinski definition) is 5. The standard InChI is InChI=1S/C28H27ClN5O2/c1-18(2)30-27(35)17-34(3)26-16-24(29)32-25(33-26)14-19-8-12-23(13-9-19)31-28(36)22-11-10-20-6-4-5-7-21(20)15-22/h4-13,15,18H,14,17H2,1-3H3,(H,30,35)(H,31,36). The summed E-state index contributed by atoms with van der Waals surface area (Å²) in [5, 5.41) is 8.08. The number of benzene rings is 3. The zero-order chi connectivity index (χ0) is 25.7. The molecule has 0 fully saturated rings. The van der Waals surface area contributed by atoms with Crippen molar-refractivity contribution in [1.29, 1.82) is 0 Å². The Morgan fingerprint density at radius 1 is 1.00 bits per heavy atom. The number of fused-ring (bicyclic) bond motifs is 1. The molecule has 0 atom stereocenters. The summed E-state index contributed by atoms with van der Waals surface area (Å²) in [5.41, 5.74) is 2.24. The second kappa shape index (κ2) is 11.2. The van der Waals surface area contributed by atoms with E-state index in [9.17, 15) is 9.59 Å². The number of carbonyl (C=O) groups excluding carboxylic acids is 2. The van der Waals surface area contributed by atoms with Gasteiger partial charge in [-0.1, -0.05) is 54.1 Å². The van der Waals surface area contributed by atoms with E-state index in [0.717, 1.165) is 16.3 Å². The number of carbonyl (C=O) groups is 2. The van der Waals surface area contributed by atoms with Crippen LogP contribution in [0.2, 0.25) is 5.15 Å². The average molecular weight is 501 g/mol. The van der Waals surface area contributed by atoms with Crippen molar-refractivity contribution in [2.24, 2.45) is 0 Å². The Balaban J connectivity index is 1.41. The van der Waals surface area contributed by atoms with Crippen LogP contribution in [0.3, 0.4) is 0 Å². The molecule has 0 aliphatic heterocycles. The minimum atomic E-state index is -0.170. The molecule has 2 amide bonds. The predicted octanol–water partition coefficient (Wildman–Crippen LogP) is 4.89. The second-order valence-corrected chi connectivity index (χ2v) is 9.21. The lowest BCUT2D eigenvalue weighted by Crippen LogP contribution is -2.39. The minimum absolute atomic E-state index is 0.0553. The normalized spacial score (nSPS) is 10.9. The van der Waals surface area contributed by atoms with Gasteiger partial charge < -0.3 is 15.5 Å². The van der Waals surface area contributed by atoms with E-state index >= 15 is 0 Å². The summed E-state index contributed by atoms with van der Waals surface area (Å²) >= 11 is 6.18. The van der Waals surface area contributed by atoms with Gasteiger partial charge in [0.15, 0.2) is 0 Å². The molecular weight excluding hydrogens is 474 g/mol. The number of nitrogens with zero attached hydrogens (tertiary/aromatic N) is 3. The first kappa shape index (κ1) is 25.1. The van der Waals surface area contributed by atoms with E-state index in [1.807, 2.05) is 80.6 Å². The quantitative estimate of drug-likeness (QED) is 0.336. The molecule has 1 aromatic heterocycles. The van der Waals surface area contributed by atoms with E-state index in [1.54, 1.807) is 11.9 Å². The van der Waals surface area contributed by atoms with Crippen LogP contribution in [0.1, 0.15) is 35.6 Å². The molecule has 0 spiro atoms. The Hall–Kier alpha value is -3.97. The fourth-order valence-corrected chi connectivity index (χ4v) is 3.93. The van der Waals surface area contributed by atoms with Crippen LogP contribution in [0.25, 0.3) is 10.8 Å². The first-order valence-corrected chi connectivity index (χ1v) is 12.0. The molecule has 7 nitrogen and oxygen atoms in total. The lowest BCUT2D eigenvalue weighted by atomic mass is 10.1. The van der Waals surface area contributed by atoms with Crippen molar-refractivity contribution in [3.63, 3.8) is 0 Å². The van der Waals surface area contributed by atoms with Gasteiger partial charge in [0, 0.05) is 30.8 Å². The van der Waals surface area contributed by atoms with Crippen LogP contribution in [-0.2, 0) is 11.2 Å². The maximum atomic E-state index is 12.7. The smallest absolute Gasteiger partial charge is 0.255 e. The van der Waals surface area contributed by atoms with Crippen LogP contribution in [-0.4, -0.2) is 41.4 Å². The van der Waals surface area contributed by atoms with Gasteiger partial charge in [-0.3, -0.25) is 9.59 Å². The monoisotopic (exact) mass is 500 g/mol. The largest absolute Gasteiger partial charge is 0.352 e. The SMILES string of the molecule is CC(C)NC(=O)CN(C)c1[c]c(Cl)nc(Cc2ccc(NC(=O)c3ccc4ccccc4c3)cc2)n1. The highest BCUT2D eigenvalue weighted by Gasteiger charge is 2.13. The van der Waals surface area contributed by atoms with Crippen molar-refractivity contribution < 1.29 is 9.59 Å². The van der Waals surface area contributed by atoms with Gasteiger partial charge in [-0.15, -0.1) is 0 Å². The van der Waals surface area contributed by atoms with Gasteiger partial charge in [0.25, 0.3) is 5.91 Å². The van der Waals surface area contributed by atoms with Gasteiger partial charge in [-0.05, 0) is 54.4 Å².